The van der Waals surface area contributed by atoms with E-state index in [4.69, 9.17) is 5.73 Å². The van der Waals surface area contributed by atoms with E-state index in [1.54, 1.807) is 14.1 Å². The zero-order valence-corrected chi connectivity index (χ0v) is 22.0. The van der Waals surface area contributed by atoms with Crippen LogP contribution in [0.3, 0.4) is 0 Å². The topological polar surface area (TPSA) is 161 Å². The third-order valence-corrected chi connectivity index (χ3v) is 9.45. The van der Waals surface area contributed by atoms with E-state index in [1.807, 2.05) is 6.07 Å². The minimum absolute atomic E-state index is 0.0963. The fourth-order valence-electron chi connectivity index (χ4n) is 7.54. The molecule has 38 heavy (non-hydrogen) atoms. The van der Waals surface area contributed by atoms with Crippen LogP contribution in [0.15, 0.2) is 29.0 Å². The summed E-state index contributed by atoms with van der Waals surface area (Å²) in [5, 5.41) is 44.8. The molecule has 0 aliphatic heterocycles. The van der Waals surface area contributed by atoms with Gasteiger partial charge in [0.2, 0.25) is 5.78 Å². The average molecular weight is 525 g/mol. The molecule has 1 aromatic carbocycles. The van der Waals surface area contributed by atoms with Gasteiger partial charge in [0.15, 0.2) is 11.4 Å². The largest absolute Gasteiger partial charge is 0.508 e. The summed E-state index contributed by atoms with van der Waals surface area (Å²) in [4.78, 5) is 40.7. The Balaban J connectivity index is 1.63. The van der Waals surface area contributed by atoms with Crippen molar-refractivity contribution in [1.82, 2.24) is 4.90 Å². The molecule has 5 unspecified atom stereocenters. The predicted molar refractivity (Wildman–Crippen MR) is 139 cm³/mol. The minimum atomic E-state index is -2.62. The number of nitrogens with zero attached hydrogens (tertiary/aromatic N) is 1. The number of rotatable bonds is 5. The van der Waals surface area contributed by atoms with Gasteiger partial charge in [0, 0.05) is 11.5 Å². The van der Waals surface area contributed by atoms with Gasteiger partial charge in [-0.05, 0) is 68.3 Å². The molecular formula is C29H36N2O7. The van der Waals surface area contributed by atoms with Crippen LogP contribution in [0.2, 0.25) is 0 Å². The minimum Gasteiger partial charge on any atom is -0.508 e. The fraction of sp³-hybridized carbons (Fsp3) is 0.552. The van der Waals surface area contributed by atoms with Crippen molar-refractivity contribution in [2.75, 3.05) is 14.1 Å². The van der Waals surface area contributed by atoms with E-state index in [1.165, 1.54) is 36.6 Å². The summed E-state index contributed by atoms with van der Waals surface area (Å²) in [6, 6.07) is 2.30. The van der Waals surface area contributed by atoms with E-state index < -0.39 is 58.0 Å². The highest BCUT2D eigenvalue weighted by atomic mass is 16.3. The van der Waals surface area contributed by atoms with Crippen LogP contribution in [0.1, 0.15) is 55.7 Å². The number of phenols is 1. The Morgan fingerprint density at radius 3 is 2.42 bits per heavy atom. The Labute approximate surface area is 221 Å². The summed E-state index contributed by atoms with van der Waals surface area (Å²) in [5.74, 6) is -5.25. The van der Waals surface area contributed by atoms with Gasteiger partial charge >= 0.3 is 0 Å². The van der Waals surface area contributed by atoms with Gasteiger partial charge in [-0.25, -0.2) is 0 Å². The number of carbonyl (C=O) groups is 3. The van der Waals surface area contributed by atoms with Crippen molar-refractivity contribution >= 4 is 23.2 Å². The molecule has 4 aliphatic rings. The second-order valence-corrected chi connectivity index (χ2v) is 11.8. The number of phenolic OH excluding ortho intramolecular Hbond substituents is 1. The first-order valence-electron chi connectivity index (χ1n) is 13.4. The third-order valence-electron chi connectivity index (χ3n) is 9.45. The Morgan fingerprint density at radius 2 is 1.82 bits per heavy atom. The molecule has 1 aromatic rings. The van der Waals surface area contributed by atoms with Crippen LogP contribution in [0, 0.1) is 23.7 Å². The maximum Gasteiger partial charge on any atom is 0.255 e. The number of amides is 1. The molecule has 0 saturated heterocycles. The summed E-state index contributed by atoms with van der Waals surface area (Å²) in [7, 11) is 3.18. The molecule has 0 bridgehead atoms. The normalized spacial score (nSPS) is 30.4. The maximum absolute atomic E-state index is 13.9. The van der Waals surface area contributed by atoms with Crippen LogP contribution in [0.4, 0.5) is 0 Å². The van der Waals surface area contributed by atoms with Crippen molar-refractivity contribution < 1.29 is 34.8 Å². The van der Waals surface area contributed by atoms with Gasteiger partial charge in [-0.2, -0.15) is 0 Å². The Morgan fingerprint density at radius 1 is 1.16 bits per heavy atom. The monoisotopic (exact) mass is 524 g/mol. The van der Waals surface area contributed by atoms with Crippen LogP contribution in [0.25, 0.3) is 5.76 Å². The van der Waals surface area contributed by atoms with E-state index >= 15 is 0 Å². The summed E-state index contributed by atoms with van der Waals surface area (Å²) in [6.07, 6.45) is 6.04. The number of fused-ring (bicyclic) bond motifs is 3. The van der Waals surface area contributed by atoms with E-state index in [0.29, 0.717) is 18.3 Å². The Bertz CT molecular complexity index is 1290. The second kappa shape index (κ2) is 9.24. The van der Waals surface area contributed by atoms with E-state index in [9.17, 15) is 34.8 Å². The molecule has 5 atom stereocenters. The van der Waals surface area contributed by atoms with Gasteiger partial charge in [0.05, 0.1) is 11.6 Å². The van der Waals surface area contributed by atoms with Gasteiger partial charge < -0.3 is 26.2 Å². The molecule has 0 radical (unpaired) electrons. The molecule has 4 aliphatic carbocycles. The molecule has 0 aromatic heterocycles. The van der Waals surface area contributed by atoms with Crippen molar-refractivity contribution in [2.45, 2.75) is 63.5 Å². The number of nitrogens with two attached hydrogens (primary N) is 1. The van der Waals surface area contributed by atoms with E-state index in [0.717, 1.165) is 17.5 Å². The van der Waals surface area contributed by atoms with E-state index in [-0.39, 0.29) is 23.3 Å². The molecule has 6 N–H and O–H groups in total. The fourth-order valence-corrected chi connectivity index (χ4v) is 7.54. The van der Waals surface area contributed by atoms with Gasteiger partial charge in [-0.15, -0.1) is 0 Å². The highest BCUT2D eigenvalue weighted by Crippen LogP contribution is 2.53. The molecular weight excluding hydrogens is 488 g/mol. The number of benzene rings is 1. The van der Waals surface area contributed by atoms with Gasteiger partial charge in [0.1, 0.15) is 22.8 Å². The number of aliphatic hydroxyl groups excluding tert-OH is 2. The zero-order chi connectivity index (χ0) is 27.7. The smallest absolute Gasteiger partial charge is 0.255 e. The molecule has 0 spiro atoms. The van der Waals surface area contributed by atoms with Crippen LogP contribution < -0.4 is 5.73 Å². The quantitative estimate of drug-likeness (QED) is 0.367. The summed E-state index contributed by atoms with van der Waals surface area (Å²) < 4.78 is 0. The number of likely N-dealkylation sites (N-methyl/N-ethyl adjacent to an activating group) is 1. The van der Waals surface area contributed by atoms with Crippen molar-refractivity contribution in [1.29, 1.82) is 0 Å². The number of hydrogen-bond donors (Lipinski definition) is 5. The number of carbonyl (C=O) groups excluding carboxylic acids is 3. The van der Waals surface area contributed by atoms with Crippen molar-refractivity contribution in [3.63, 3.8) is 0 Å². The lowest BCUT2D eigenvalue weighted by Crippen LogP contribution is -2.65. The number of hydrogen-bond acceptors (Lipinski definition) is 8. The summed E-state index contributed by atoms with van der Waals surface area (Å²) in [6.45, 7) is 2.23. The van der Waals surface area contributed by atoms with Crippen molar-refractivity contribution in [2.24, 2.45) is 29.4 Å². The van der Waals surface area contributed by atoms with Crippen molar-refractivity contribution in [3.8, 4) is 5.75 Å². The van der Waals surface area contributed by atoms with Crippen LogP contribution in [-0.2, 0) is 27.2 Å². The molecule has 5 rings (SSSR count). The van der Waals surface area contributed by atoms with Gasteiger partial charge in [0.25, 0.3) is 5.91 Å². The van der Waals surface area contributed by atoms with Gasteiger partial charge in [-0.1, -0.05) is 38.7 Å². The highest BCUT2D eigenvalue weighted by Gasteiger charge is 2.64. The summed E-state index contributed by atoms with van der Waals surface area (Å²) >= 11 is 0. The molecule has 204 valence electrons. The summed E-state index contributed by atoms with van der Waals surface area (Å²) in [5.41, 5.74) is 3.75. The lowest BCUT2D eigenvalue weighted by molar-refractivity contribution is -0.153. The number of primary amides is 1. The first-order chi connectivity index (χ1) is 17.9. The zero-order valence-electron chi connectivity index (χ0n) is 22.0. The van der Waals surface area contributed by atoms with Gasteiger partial charge in [-0.3, -0.25) is 19.3 Å². The number of aliphatic hydroxyl groups is 3. The van der Waals surface area contributed by atoms with Crippen LogP contribution >= 0.6 is 0 Å². The average Bonchev–Trinajstić information content (AvgIpc) is 3.38. The molecule has 1 amide bonds. The predicted octanol–water partition coefficient (Wildman–Crippen LogP) is 2.33. The lowest BCUT2D eigenvalue weighted by Gasteiger charge is -2.50. The highest BCUT2D eigenvalue weighted by molar-refractivity contribution is 6.24. The molecule has 2 fully saturated rings. The van der Waals surface area contributed by atoms with E-state index in [2.05, 4.69) is 6.92 Å². The first kappa shape index (κ1) is 26.4. The van der Waals surface area contributed by atoms with Crippen molar-refractivity contribution in [3.05, 3.63) is 45.7 Å². The number of ketones is 2. The van der Waals surface area contributed by atoms with Crippen LogP contribution in [-0.4, -0.2) is 68.5 Å². The van der Waals surface area contributed by atoms with Crippen LogP contribution in [0.5, 0.6) is 5.75 Å². The second-order valence-electron chi connectivity index (χ2n) is 11.8. The standard InChI is InChI=1S/C29H36N2O7/c1-13(14-6-4-5-7-14)10-15-8-9-19(32)21-17(15)11-16-12-18-23(31(2)3)25(34)22(28(30)37)27(36)29(18,38)26(35)20(16)24(21)33/h8-9,13-14,16,18,23,32-33,36,38H,4-7,10-12H2,1-3H3,(H2,30,37). The molecule has 2 saturated carbocycles. The molecule has 0 heterocycles. The lowest BCUT2D eigenvalue weighted by atomic mass is 9.57. The first-order valence-corrected chi connectivity index (χ1v) is 13.4. The number of Topliss-reactive ketones (excluding diaryl/α,β-unsaturated/α-hetero) is 2. The Hall–Kier alpha value is -3.17. The number of aromatic hydroxyl groups is 1. The Kier molecular flexibility index (Phi) is 6.43. The molecule has 9 nitrogen and oxygen atoms in total. The maximum atomic E-state index is 13.9. The third kappa shape index (κ3) is 3.70. The SMILES string of the molecule is CC(Cc1ccc(O)c2c1CC1CC3C(N(C)C)C(=O)C(C(N)=O)=C(O)C3(O)C(=O)C1=C2O)C1CCCC1. The molecule has 9 heteroatoms.